The monoisotopic (exact) mass is 373 g/mol. The number of Topliss-reactive ketones (excluding diaryl/α,β-unsaturated/α-hetero) is 1. The number of nitrogens with zero attached hydrogens (tertiary/aromatic N) is 1. The van der Waals surface area contributed by atoms with Gasteiger partial charge in [0.25, 0.3) is 0 Å². The molecule has 142 valence electrons. The fourth-order valence-corrected chi connectivity index (χ4v) is 4.56. The number of aliphatic imine (C=N–C) groups is 1. The molecule has 1 N–H and O–H groups in total. The first-order valence-electron chi connectivity index (χ1n) is 9.69. The Hall–Kier alpha value is -1.55. The number of carbonyl (C=O) groups excluding carboxylic acids is 1. The van der Waals surface area contributed by atoms with E-state index in [1.54, 1.807) is 0 Å². The van der Waals surface area contributed by atoms with Gasteiger partial charge in [-0.2, -0.15) is 11.8 Å². The van der Waals surface area contributed by atoms with E-state index in [0.29, 0.717) is 30.2 Å². The summed E-state index contributed by atoms with van der Waals surface area (Å²) in [6, 6.07) is 10.0. The largest absolute Gasteiger partial charge is 0.511 e. The van der Waals surface area contributed by atoms with Crippen LogP contribution < -0.4 is 0 Å². The number of aliphatic hydroxyl groups is 1. The van der Waals surface area contributed by atoms with Crippen molar-refractivity contribution in [3.8, 4) is 0 Å². The van der Waals surface area contributed by atoms with Crippen molar-refractivity contribution in [3.63, 3.8) is 0 Å². The van der Waals surface area contributed by atoms with Crippen molar-refractivity contribution in [1.29, 1.82) is 0 Å². The molecule has 0 saturated heterocycles. The Morgan fingerprint density at radius 2 is 2.00 bits per heavy atom. The van der Waals surface area contributed by atoms with Gasteiger partial charge in [-0.05, 0) is 30.1 Å². The number of hydrogen-bond acceptors (Lipinski definition) is 4. The Bertz CT molecular complexity index is 651. The molecule has 0 amide bonds. The second-order valence-electron chi connectivity index (χ2n) is 7.02. The van der Waals surface area contributed by atoms with Gasteiger partial charge < -0.3 is 5.11 Å². The molecule has 1 aromatic carbocycles. The van der Waals surface area contributed by atoms with Crippen LogP contribution in [0.25, 0.3) is 0 Å². The van der Waals surface area contributed by atoms with Crippen LogP contribution in [0, 0.1) is 5.92 Å². The number of aliphatic hydroxyl groups excluding tert-OH is 1. The van der Waals surface area contributed by atoms with Crippen LogP contribution in [0.2, 0.25) is 0 Å². The molecule has 0 saturated carbocycles. The highest BCUT2D eigenvalue weighted by molar-refractivity contribution is 7.99. The lowest BCUT2D eigenvalue weighted by atomic mass is 9.82. The summed E-state index contributed by atoms with van der Waals surface area (Å²) in [5.74, 6) is 1.65. The Kier molecular flexibility index (Phi) is 8.43. The topological polar surface area (TPSA) is 49.7 Å². The van der Waals surface area contributed by atoms with Crippen molar-refractivity contribution in [2.24, 2.45) is 10.9 Å². The van der Waals surface area contributed by atoms with Gasteiger partial charge in [-0.3, -0.25) is 9.79 Å². The number of allylic oxidation sites excluding steroid dienone is 2. The molecule has 0 radical (unpaired) electrons. The molecule has 1 aliphatic carbocycles. The lowest BCUT2D eigenvalue weighted by Gasteiger charge is -2.26. The summed E-state index contributed by atoms with van der Waals surface area (Å²) in [6.45, 7) is 6.99. The van der Waals surface area contributed by atoms with Gasteiger partial charge in [-0.1, -0.05) is 57.5 Å². The quantitative estimate of drug-likeness (QED) is 0.561. The standard InChI is InChI=1S/C22H31NO2S/c1-4-9-19(23-15-17-10-7-6-8-11-17)22-20(24)13-18(14-21(22)25)12-16(3)26-5-2/h6-8,10-11,16,18,24H,4-5,9,12-15H2,1-3H3. The first kappa shape index (κ1) is 20.8. The van der Waals surface area contributed by atoms with Gasteiger partial charge >= 0.3 is 0 Å². The van der Waals surface area contributed by atoms with E-state index in [0.717, 1.165) is 36.3 Å². The SMILES string of the molecule is CCCC(=NCc1ccccc1)C1=C(O)CC(CC(C)SCC)CC1=O. The van der Waals surface area contributed by atoms with Crippen LogP contribution in [0.5, 0.6) is 0 Å². The molecule has 0 aliphatic heterocycles. The van der Waals surface area contributed by atoms with Crippen molar-refractivity contribution >= 4 is 23.3 Å². The third-order valence-corrected chi connectivity index (χ3v) is 5.81. The van der Waals surface area contributed by atoms with Crippen LogP contribution in [0.3, 0.4) is 0 Å². The molecule has 2 atom stereocenters. The molecule has 1 aromatic rings. The van der Waals surface area contributed by atoms with Crippen LogP contribution in [-0.2, 0) is 11.3 Å². The van der Waals surface area contributed by atoms with E-state index < -0.39 is 0 Å². The van der Waals surface area contributed by atoms with Crippen LogP contribution in [0.4, 0.5) is 0 Å². The van der Waals surface area contributed by atoms with Gasteiger partial charge in [0, 0.05) is 23.8 Å². The Morgan fingerprint density at radius 1 is 1.27 bits per heavy atom. The van der Waals surface area contributed by atoms with Crippen molar-refractivity contribution in [1.82, 2.24) is 0 Å². The van der Waals surface area contributed by atoms with Crippen LogP contribution in [0.1, 0.15) is 58.4 Å². The highest BCUT2D eigenvalue weighted by atomic mass is 32.2. The molecule has 0 fully saturated rings. The summed E-state index contributed by atoms with van der Waals surface area (Å²) in [7, 11) is 0. The molecule has 3 nitrogen and oxygen atoms in total. The second kappa shape index (κ2) is 10.6. The van der Waals surface area contributed by atoms with E-state index >= 15 is 0 Å². The molecule has 0 heterocycles. The molecule has 26 heavy (non-hydrogen) atoms. The fourth-order valence-electron chi connectivity index (χ4n) is 3.58. The minimum absolute atomic E-state index is 0.0627. The first-order chi connectivity index (χ1) is 12.5. The number of carbonyl (C=O) groups is 1. The summed E-state index contributed by atoms with van der Waals surface area (Å²) in [4.78, 5) is 17.5. The van der Waals surface area contributed by atoms with E-state index in [4.69, 9.17) is 4.99 Å². The zero-order valence-electron chi connectivity index (χ0n) is 16.2. The first-order valence-corrected chi connectivity index (χ1v) is 10.7. The molecule has 4 heteroatoms. The number of hydrogen-bond donors (Lipinski definition) is 1. The summed E-state index contributed by atoms with van der Waals surface area (Å²) in [6.07, 6.45) is 3.74. The fraction of sp³-hybridized carbons (Fsp3) is 0.545. The minimum Gasteiger partial charge on any atom is -0.511 e. The van der Waals surface area contributed by atoms with Crippen molar-refractivity contribution in [2.75, 3.05) is 5.75 Å². The van der Waals surface area contributed by atoms with Crippen LogP contribution in [0.15, 0.2) is 46.7 Å². The summed E-state index contributed by atoms with van der Waals surface area (Å²) >= 11 is 1.92. The van der Waals surface area contributed by atoms with Gasteiger partial charge in [0.2, 0.25) is 0 Å². The summed E-state index contributed by atoms with van der Waals surface area (Å²) in [5.41, 5.74) is 2.39. The van der Waals surface area contributed by atoms with Crippen molar-refractivity contribution in [3.05, 3.63) is 47.2 Å². The molecular formula is C22H31NO2S. The highest BCUT2D eigenvalue weighted by Crippen LogP contribution is 2.32. The summed E-state index contributed by atoms with van der Waals surface area (Å²) in [5, 5.41) is 11.1. The maximum Gasteiger partial charge on any atom is 0.168 e. The van der Waals surface area contributed by atoms with Gasteiger partial charge in [0.05, 0.1) is 12.1 Å². The predicted molar refractivity (Wildman–Crippen MR) is 112 cm³/mol. The summed E-state index contributed by atoms with van der Waals surface area (Å²) < 4.78 is 0. The molecule has 0 spiro atoms. The normalized spacial score (nSPS) is 19.7. The third kappa shape index (κ3) is 6.01. The zero-order valence-corrected chi connectivity index (χ0v) is 17.0. The van der Waals surface area contributed by atoms with Gasteiger partial charge in [0.15, 0.2) is 5.78 Å². The predicted octanol–water partition coefficient (Wildman–Crippen LogP) is 5.75. The Balaban J connectivity index is 2.15. The van der Waals surface area contributed by atoms with Gasteiger partial charge in [-0.25, -0.2) is 0 Å². The average Bonchev–Trinajstić information content (AvgIpc) is 2.60. The smallest absolute Gasteiger partial charge is 0.168 e. The van der Waals surface area contributed by atoms with Gasteiger partial charge in [0.1, 0.15) is 5.76 Å². The second-order valence-corrected chi connectivity index (χ2v) is 8.73. The van der Waals surface area contributed by atoms with E-state index in [2.05, 4.69) is 20.8 Å². The Morgan fingerprint density at radius 3 is 2.62 bits per heavy atom. The number of ketones is 1. The third-order valence-electron chi connectivity index (χ3n) is 4.71. The number of rotatable bonds is 9. The molecule has 0 aromatic heterocycles. The average molecular weight is 374 g/mol. The van der Waals surface area contributed by atoms with Crippen LogP contribution >= 0.6 is 11.8 Å². The van der Waals surface area contributed by atoms with E-state index in [9.17, 15) is 9.90 Å². The highest BCUT2D eigenvalue weighted by Gasteiger charge is 2.30. The lowest BCUT2D eigenvalue weighted by molar-refractivity contribution is -0.116. The Labute approximate surface area is 162 Å². The minimum atomic E-state index is 0.0627. The van der Waals surface area contributed by atoms with E-state index in [-0.39, 0.29) is 17.5 Å². The zero-order chi connectivity index (χ0) is 18.9. The molecule has 0 bridgehead atoms. The maximum atomic E-state index is 12.8. The van der Waals surface area contributed by atoms with Crippen LogP contribution in [-0.4, -0.2) is 27.6 Å². The van der Waals surface area contributed by atoms with E-state index in [1.807, 2.05) is 42.1 Å². The lowest BCUT2D eigenvalue weighted by Crippen LogP contribution is -2.26. The molecular weight excluding hydrogens is 342 g/mol. The van der Waals surface area contributed by atoms with Crippen molar-refractivity contribution in [2.45, 2.75) is 64.7 Å². The molecule has 2 rings (SSSR count). The molecule has 1 aliphatic rings. The molecule has 2 unspecified atom stereocenters. The van der Waals surface area contributed by atoms with E-state index in [1.165, 1.54) is 0 Å². The van der Waals surface area contributed by atoms with Crippen molar-refractivity contribution < 1.29 is 9.90 Å². The number of thioether (sulfide) groups is 1. The maximum absolute atomic E-state index is 12.8. The van der Waals surface area contributed by atoms with Gasteiger partial charge in [-0.15, -0.1) is 0 Å². The number of benzene rings is 1.